The number of aliphatic hydroxyl groups excluding tert-OH is 1. The maximum atomic E-state index is 11.0. The molecule has 0 radical (unpaired) electrons. The molecule has 1 aromatic heterocycles. The van der Waals surface area contributed by atoms with Crippen LogP contribution in [0.4, 0.5) is 5.82 Å². The minimum atomic E-state index is -0.942. The summed E-state index contributed by atoms with van der Waals surface area (Å²) in [6.07, 6.45) is 1.07. The Morgan fingerprint density at radius 2 is 2.35 bits per heavy atom. The van der Waals surface area contributed by atoms with Gasteiger partial charge in [0.15, 0.2) is 0 Å². The van der Waals surface area contributed by atoms with Crippen LogP contribution in [0.3, 0.4) is 0 Å². The minimum absolute atomic E-state index is 0.258. The monoisotopic (exact) mass is 236 g/mol. The smallest absolute Gasteiger partial charge is 0.335 e. The molecular weight excluding hydrogens is 220 g/mol. The molecule has 2 N–H and O–H groups in total. The molecule has 0 amide bonds. The Bertz CT molecular complexity index is 434. The summed E-state index contributed by atoms with van der Waals surface area (Å²) in [7, 11) is 0. The second kappa shape index (κ2) is 4.71. The van der Waals surface area contributed by atoms with Gasteiger partial charge in [-0.05, 0) is 25.0 Å². The van der Waals surface area contributed by atoms with E-state index in [1.54, 1.807) is 12.1 Å². The van der Waals surface area contributed by atoms with Crippen molar-refractivity contribution in [3.8, 4) is 0 Å². The van der Waals surface area contributed by atoms with Gasteiger partial charge in [-0.2, -0.15) is 0 Å². The standard InChI is InChI=1S/C12H16N2O3/c1-2-9-5-8(12(16)17)6-11(13-9)14-4-3-10(15)7-14/h5-6,10,15H,2-4,7H2,1H3,(H,16,17). The van der Waals surface area contributed by atoms with Gasteiger partial charge in [0.2, 0.25) is 0 Å². The van der Waals surface area contributed by atoms with Gasteiger partial charge in [0, 0.05) is 18.8 Å². The Morgan fingerprint density at radius 3 is 2.88 bits per heavy atom. The van der Waals surface area contributed by atoms with Crippen LogP contribution in [0.5, 0.6) is 0 Å². The van der Waals surface area contributed by atoms with Gasteiger partial charge in [-0.3, -0.25) is 0 Å². The average molecular weight is 236 g/mol. The third kappa shape index (κ3) is 2.55. The second-order valence-electron chi connectivity index (χ2n) is 4.25. The van der Waals surface area contributed by atoms with E-state index in [1.807, 2.05) is 11.8 Å². The fraction of sp³-hybridized carbons (Fsp3) is 0.500. The molecule has 1 unspecified atom stereocenters. The van der Waals surface area contributed by atoms with Crippen LogP contribution in [0.15, 0.2) is 12.1 Å². The Morgan fingerprint density at radius 1 is 1.59 bits per heavy atom. The van der Waals surface area contributed by atoms with Crippen LogP contribution in [0.1, 0.15) is 29.4 Å². The lowest BCUT2D eigenvalue weighted by Crippen LogP contribution is -2.23. The number of aliphatic hydroxyl groups is 1. The maximum Gasteiger partial charge on any atom is 0.335 e. The van der Waals surface area contributed by atoms with Gasteiger partial charge in [0.05, 0.1) is 11.7 Å². The van der Waals surface area contributed by atoms with Crippen molar-refractivity contribution in [1.82, 2.24) is 4.98 Å². The number of carboxylic acid groups (broad SMARTS) is 1. The molecule has 17 heavy (non-hydrogen) atoms. The summed E-state index contributed by atoms with van der Waals surface area (Å²) in [5.74, 6) is -0.290. The predicted molar refractivity (Wildman–Crippen MR) is 63.4 cm³/mol. The number of carbonyl (C=O) groups is 1. The summed E-state index contributed by atoms with van der Waals surface area (Å²) < 4.78 is 0. The van der Waals surface area contributed by atoms with Crippen molar-refractivity contribution in [2.24, 2.45) is 0 Å². The number of hydrogen-bond acceptors (Lipinski definition) is 4. The number of aryl methyl sites for hydroxylation is 1. The number of pyridine rings is 1. The first-order chi connectivity index (χ1) is 8.10. The van der Waals surface area contributed by atoms with Crippen molar-refractivity contribution in [3.05, 3.63) is 23.4 Å². The topological polar surface area (TPSA) is 73.7 Å². The molecule has 1 aliphatic rings. The van der Waals surface area contributed by atoms with E-state index in [2.05, 4.69) is 4.98 Å². The molecule has 5 nitrogen and oxygen atoms in total. The van der Waals surface area contributed by atoms with Crippen molar-refractivity contribution in [2.45, 2.75) is 25.9 Å². The van der Waals surface area contributed by atoms with E-state index in [0.29, 0.717) is 25.2 Å². The summed E-state index contributed by atoms with van der Waals surface area (Å²) in [6.45, 7) is 3.19. The molecule has 5 heteroatoms. The van der Waals surface area contributed by atoms with Gasteiger partial charge in [-0.15, -0.1) is 0 Å². The summed E-state index contributed by atoms with van der Waals surface area (Å²) >= 11 is 0. The van der Waals surface area contributed by atoms with Crippen LogP contribution in [0, 0.1) is 0 Å². The predicted octanol–water partition coefficient (Wildman–Crippen LogP) is 0.913. The third-order valence-corrected chi connectivity index (χ3v) is 2.96. The number of aromatic nitrogens is 1. The fourth-order valence-electron chi connectivity index (χ4n) is 1.99. The molecule has 0 saturated carbocycles. The first-order valence-electron chi connectivity index (χ1n) is 5.77. The summed E-state index contributed by atoms with van der Waals surface area (Å²) in [6, 6.07) is 3.16. The summed E-state index contributed by atoms with van der Waals surface area (Å²) in [4.78, 5) is 17.3. The van der Waals surface area contributed by atoms with E-state index in [9.17, 15) is 9.90 Å². The van der Waals surface area contributed by atoms with Crippen molar-refractivity contribution in [2.75, 3.05) is 18.0 Å². The average Bonchev–Trinajstić information content (AvgIpc) is 2.75. The quantitative estimate of drug-likeness (QED) is 0.816. The van der Waals surface area contributed by atoms with Crippen LogP contribution in [0.25, 0.3) is 0 Å². The van der Waals surface area contributed by atoms with E-state index in [4.69, 9.17) is 5.11 Å². The maximum absolute atomic E-state index is 11.0. The number of rotatable bonds is 3. The lowest BCUT2D eigenvalue weighted by molar-refractivity contribution is 0.0696. The zero-order valence-electron chi connectivity index (χ0n) is 9.76. The SMILES string of the molecule is CCc1cc(C(=O)O)cc(N2CCC(O)C2)n1. The number of nitrogens with zero attached hydrogens (tertiary/aromatic N) is 2. The number of hydrogen-bond donors (Lipinski definition) is 2. The van der Waals surface area contributed by atoms with Crippen molar-refractivity contribution in [3.63, 3.8) is 0 Å². The Balaban J connectivity index is 2.32. The molecule has 0 aromatic carbocycles. The Kier molecular flexibility index (Phi) is 3.28. The molecule has 2 heterocycles. The van der Waals surface area contributed by atoms with Crippen molar-refractivity contribution >= 4 is 11.8 Å². The number of anilines is 1. The summed E-state index contributed by atoms with van der Waals surface area (Å²) in [5.41, 5.74) is 1.02. The largest absolute Gasteiger partial charge is 0.478 e. The van der Waals surface area contributed by atoms with Crippen LogP contribution in [0.2, 0.25) is 0 Å². The van der Waals surface area contributed by atoms with Crippen LogP contribution in [-0.2, 0) is 6.42 Å². The third-order valence-electron chi connectivity index (χ3n) is 2.96. The first-order valence-corrected chi connectivity index (χ1v) is 5.77. The molecule has 1 fully saturated rings. The normalized spacial score (nSPS) is 19.6. The molecule has 0 spiro atoms. The second-order valence-corrected chi connectivity index (χ2v) is 4.25. The molecule has 1 atom stereocenters. The van der Waals surface area contributed by atoms with Crippen LogP contribution < -0.4 is 4.90 Å². The van der Waals surface area contributed by atoms with E-state index in [0.717, 1.165) is 12.2 Å². The van der Waals surface area contributed by atoms with E-state index >= 15 is 0 Å². The first kappa shape index (κ1) is 11.9. The summed E-state index contributed by atoms with van der Waals surface area (Å²) in [5, 5.41) is 18.5. The minimum Gasteiger partial charge on any atom is -0.478 e. The molecule has 1 aromatic rings. The molecule has 2 rings (SSSR count). The molecule has 0 aliphatic carbocycles. The number of aromatic carboxylic acids is 1. The van der Waals surface area contributed by atoms with Gasteiger partial charge in [-0.1, -0.05) is 6.92 Å². The van der Waals surface area contributed by atoms with Gasteiger partial charge in [-0.25, -0.2) is 9.78 Å². The number of β-amino-alcohol motifs (C(OH)–C–C–N with tert-alkyl or cyclic N) is 1. The van der Waals surface area contributed by atoms with E-state index in [-0.39, 0.29) is 11.7 Å². The van der Waals surface area contributed by atoms with E-state index in [1.165, 1.54) is 0 Å². The lowest BCUT2D eigenvalue weighted by atomic mass is 10.2. The molecule has 1 saturated heterocycles. The molecule has 92 valence electrons. The lowest BCUT2D eigenvalue weighted by Gasteiger charge is -2.17. The fourth-order valence-corrected chi connectivity index (χ4v) is 1.99. The molecule has 1 aliphatic heterocycles. The van der Waals surface area contributed by atoms with Crippen LogP contribution >= 0.6 is 0 Å². The number of carboxylic acids is 1. The van der Waals surface area contributed by atoms with Crippen molar-refractivity contribution in [1.29, 1.82) is 0 Å². The highest BCUT2D eigenvalue weighted by molar-refractivity contribution is 5.88. The van der Waals surface area contributed by atoms with Crippen molar-refractivity contribution < 1.29 is 15.0 Å². The van der Waals surface area contributed by atoms with Gasteiger partial charge < -0.3 is 15.1 Å². The highest BCUT2D eigenvalue weighted by atomic mass is 16.4. The highest BCUT2D eigenvalue weighted by Crippen LogP contribution is 2.20. The van der Waals surface area contributed by atoms with Gasteiger partial charge >= 0.3 is 5.97 Å². The van der Waals surface area contributed by atoms with Crippen LogP contribution in [-0.4, -0.2) is 40.4 Å². The molecular formula is C12H16N2O3. The van der Waals surface area contributed by atoms with Gasteiger partial charge in [0.25, 0.3) is 0 Å². The van der Waals surface area contributed by atoms with E-state index < -0.39 is 5.97 Å². The zero-order valence-corrected chi connectivity index (χ0v) is 9.76. The Labute approximate surface area is 99.7 Å². The van der Waals surface area contributed by atoms with Gasteiger partial charge in [0.1, 0.15) is 5.82 Å². The highest BCUT2D eigenvalue weighted by Gasteiger charge is 2.22. The Hall–Kier alpha value is -1.62. The zero-order chi connectivity index (χ0) is 12.4. The molecule has 0 bridgehead atoms.